The molecule has 0 spiro atoms. The molecule has 2 aromatic heterocycles. The van der Waals surface area contributed by atoms with Crippen LogP contribution in [0.2, 0.25) is 0 Å². The van der Waals surface area contributed by atoms with E-state index in [0.29, 0.717) is 13.1 Å². The van der Waals surface area contributed by atoms with Gasteiger partial charge < -0.3 is 9.80 Å². The van der Waals surface area contributed by atoms with Crippen LogP contribution in [0.4, 0.5) is 5.82 Å². The Hall–Kier alpha value is -3.74. The lowest BCUT2D eigenvalue weighted by Crippen LogP contribution is -2.44. The first-order chi connectivity index (χ1) is 16.5. The zero-order valence-corrected chi connectivity index (χ0v) is 20.0. The van der Waals surface area contributed by atoms with Gasteiger partial charge in [-0.3, -0.25) is 4.79 Å². The molecule has 3 heterocycles. The van der Waals surface area contributed by atoms with Gasteiger partial charge in [0, 0.05) is 26.7 Å². The Balaban J connectivity index is 1.42. The van der Waals surface area contributed by atoms with Crippen molar-refractivity contribution in [2.24, 2.45) is 5.92 Å². The highest BCUT2D eigenvalue weighted by atomic mass is 16.2. The van der Waals surface area contributed by atoms with Crippen LogP contribution in [-0.4, -0.2) is 50.9 Å². The molecule has 1 aliphatic heterocycles. The monoisotopic (exact) mass is 454 g/mol. The molecule has 7 nitrogen and oxygen atoms in total. The zero-order chi connectivity index (χ0) is 23.7. The number of rotatable bonds is 5. The number of benzene rings is 2. The van der Waals surface area contributed by atoms with E-state index in [-0.39, 0.29) is 11.8 Å². The van der Waals surface area contributed by atoms with Crippen molar-refractivity contribution in [1.82, 2.24) is 24.9 Å². The molecule has 34 heavy (non-hydrogen) atoms. The first-order valence-electron chi connectivity index (χ1n) is 11.8. The van der Waals surface area contributed by atoms with Crippen LogP contribution in [0.5, 0.6) is 0 Å². The number of fused-ring (bicyclic) bond motifs is 1. The van der Waals surface area contributed by atoms with Gasteiger partial charge in [0.25, 0.3) is 0 Å². The molecule has 1 fully saturated rings. The van der Waals surface area contributed by atoms with Gasteiger partial charge in [-0.25, -0.2) is 4.68 Å². The molecule has 174 valence electrons. The van der Waals surface area contributed by atoms with Crippen molar-refractivity contribution in [3.63, 3.8) is 0 Å². The highest BCUT2D eigenvalue weighted by Gasteiger charge is 2.30. The molecule has 1 atom stereocenters. The summed E-state index contributed by atoms with van der Waals surface area (Å²) in [4.78, 5) is 17.3. The summed E-state index contributed by atoms with van der Waals surface area (Å²) in [6.45, 7) is 6.13. The number of hydrogen-bond acceptors (Lipinski definition) is 5. The Morgan fingerprint density at radius 3 is 2.47 bits per heavy atom. The number of para-hydroxylation sites is 1. The predicted octanol–water partition coefficient (Wildman–Crippen LogP) is 4.31. The second-order valence-corrected chi connectivity index (χ2v) is 9.13. The van der Waals surface area contributed by atoms with Gasteiger partial charge in [0.1, 0.15) is 5.52 Å². The third-order valence-electron chi connectivity index (χ3n) is 6.69. The van der Waals surface area contributed by atoms with E-state index in [0.717, 1.165) is 58.7 Å². The number of piperidine rings is 1. The van der Waals surface area contributed by atoms with Crippen molar-refractivity contribution in [3.8, 4) is 5.69 Å². The van der Waals surface area contributed by atoms with Crippen molar-refractivity contribution in [2.75, 3.05) is 25.0 Å². The summed E-state index contributed by atoms with van der Waals surface area (Å²) >= 11 is 0. The van der Waals surface area contributed by atoms with Crippen LogP contribution in [0.25, 0.3) is 16.6 Å². The lowest BCUT2D eigenvalue weighted by Gasteiger charge is -2.34. The molecule has 1 saturated heterocycles. The molecule has 0 bridgehead atoms. The molecule has 0 aliphatic carbocycles. The molecule has 1 aliphatic rings. The Morgan fingerprint density at radius 1 is 1.03 bits per heavy atom. The highest BCUT2D eigenvalue weighted by molar-refractivity contribution is 5.92. The quantitative estimate of drug-likeness (QED) is 0.450. The minimum Gasteiger partial charge on any atom is -0.352 e. The third-order valence-corrected chi connectivity index (χ3v) is 6.69. The number of carbonyl (C=O) groups excluding carboxylic acids is 1. The van der Waals surface area contributed by atoms with Crippen LogP contribution in [0.1, 0.15) is 29.8 Å². The van der Waals surface area contributed by atoms with Gasteiger partial charge in [-0.05, 0) is 44.4 Å². The molecule has 1 unspecified atom stereocenters. The van der Waals surface area contributed by atoms with E-state index in [9.17, 15) is 4.79 Å². The van der Waals surface area contributed by atoms with E-state index in [2.05, 4.69) is 34.2 Å². The minimum atomic E-state index is -0.0714. The van der Waals surface area contributed by atoms with Gasteiger partial charge in [0.05, 0.1) is 28.4 Å². The summed E-state index contributed by atoms with van der Waals surface area (Å²) in [5.74, 6) is 0.871. The number of aryl methyl sites for hydroxylation is 2. The first-order valence-corrected chi connectivity index (χ1v) is 11.8. The molecule has 0 N–H and O–H groups in total. The van der Waals surface area contributed by atoms with Gasteiger partial charge in [-0.1, -0.05) is 48.5 Å². The van der Waals surface area contributed by atoms with E-state index in [1.807, 2.05) is 72.1 Å². The second-order valence-electron chi connectivity index (χ2n) is 9.13. The number of aromatic nitrogens is 4. The van der Waals surface area contributed by atoms with Crippen molar-refractivity contribution < 1.29 is 4.79 Å². The first kappa shape index (κ1) is 22.1. The van der Waals surface area contributed by atoms with Gasteiger partial charge in [-0.15, -0.1) is 5.10 Å². The summed E-state index contributed by atoms with van der Waals surface area (Å²) in [7, 11) is 1.89. The fourth-order valence-corrected chi connectivity index (χ4v) is 4.96. The number of nitrogens with zero attached hydrogens (tertiary/aromatic N) is 6. The number of amides is 1. The summed E-state index contributed by atoms with van der Waals surface area (Å²) in [6, 6.07) is 20.2. The second kappa shape index (κ2) is 9.25. The fourth-order valence-electron chi connectivity index (χ4n) is 4.96. The molecular formula is C27H30N6O. The van der Waals surface area contributed by atoms with Gasteiger partial charge >= 0.3 is 0 Å². The van der Waals surface area contributed by atoms with Crippen molar-refractivity contribution in [3.05, 3.63) is 77.6 Å². The van der Waals surface area contributed by atoms with E-state index < -0.39 is 0 Å². The van der Waals surface area contributed by atoms with Gasteiger partial charge in [-0.2, -0.15) is 10.2 Å². The predicted molar refractivity (Wildman–Crippen MR) is 134 cm³/mol. The molecule has 0 radical (unpaired) electrons. The zero-order valence-electron chi connectivity index (χ0n) is 20.0. The molecule has 0 saturated carbocycles. The summed E-state index contributed by atoms with van der Waals surface area (Å²) in [5, 5.41) is 15.0. The van der Waals surface area contributed by atoms with E-state index in [4.69, 9.17) is 5.10 Å². The van der Waals surface area contributed by atoms with Crippen molar-refractivity contribution in [2.45, 2.75) is 33.2 Å². The van der Waals surface area contributed by atoms with E-state index in [1.165, 1.54) is 0 Å². The maximum Gasteiger partial charge on any atom is 0.227 e. The third kappa shape index (κ3) is 4.14. The summed E-state index contributed by atoms with van der Waals surface area (Å²) in [5.41, 5.74) is 4.90. The molecule has 7 heteroatoms. The van der Waals surface area contributed by atoms with Gasteiger partial charge in [0.2, 0.25) is 5.91 Å². The maximum absolute atomic E-state index is 13.3. The largest absolute Gasteiger partial charge is 0.352 e. The number of carbonyl (C=O) groups is 1. The van der Waals surface area contributed by atoms with Crippen molar-refractivity contribution >= 4 is 22.6 Å². The number of hydrogen-bond donors (Lipinski definition) is 0. The van der Waals surface area contributed by atoms with E-state index in [1.54, 1.807) is 0 Å². The van der Waals surface area contributed by atoms with Crippen LogP contribution < -0.4 is 4.90 Å². The Kier molecular flexibility index (Phi) is 6.01. The standard InChI is InChI=1S/C27H30N6O/c1-19-24-20(2)33(23-14-8-5-9-15-23)30-25(24)26(29-28-19)32-16-10-13-22(18-32)27(34)31(3)17-21-11-6-4-7-12-21/h4-9,11-12,14-15,22H,10,13,16-18H2,1-3H3. The average molecular weight is 455 g/mol. The van der Waals surface area contributed by atoms with Crippen LogP contribution in [-0.2, 0) is 11.3 Å². The highest BCUT2D eigenvalue weighted by Crippen LogP contribution is 2.32. The lowest BCUT2D eigenvalue weighted by atomic mass is 9.96. The normalized spacial score (nSPS) is 16.1. The molecule has 1 amide bonds. The lowest BCUT2D eigenvalue weighted by molar-refractivity contribution is -0.135. The Bertz CT molecular complexity index is 1300. The molecule has 4 aromatic rings. The average Bonchev–Trinajstić information content (AvgIpc) is 3.23. The fraction of sp³-hybridized carbons (Fsp3) is 0.333. The molecule has 5 rings (SSSR count). The summed E-state index contributed by atoms with van der Waals surface area (Å²) < 4.78 is 1.96. The maximum atomic E-state index is 13.3. The summed E-state index contributed by atoms with van der Waals surface area (Å²) in [6.07, 6.45) is 1.82. The van der Waals surface area contributed by atoms with Crippen molar-refractivity contribution in [1.29, 1.82) is 0 Å². The van der Waals surface area contributed by atoms with Crippen LogP contribution in [0.15, 0.2) is 60.7 Å². The topological polar surface area (TPSA) is 67.2 Å². The minimum absolute atomic E-state index is 0.0714. The smallest absolute Gasteiger partial charge is 0.227 e. The Labute approximate surface area is 200 Å². The van der Waals surface area contributed by atoms with Gasteiger partial charge in [0.15, 0.2) is 5.82 Å². The molecular weight excluding hydrogens is 424 g/mol. The van der Waals surface area contributed by atoms with Crippen LogP contribution in [0, 0.1) is 19.8 Å². The molecule has 2 aromatic carbocycles. The Morgan fingerprint density at radius 2 is 1.74 bits per heavy atom. The van der Waals surface area contributed by atoms with Crippen LogP contribution in [0.3, 0.4) is 0 Å². The SMILES string of the molecule is Cc1nnc(N2CCCC(C(=O)N(C)Cc3ccccc3)C2)c2nn(-c3ccccc3)c(C)c12. The van der Waals surface area contributed by atoms with Crippen LogP contribution >= 0.6 is 0 Å². The number of anilines is 1. The van der Waals surface area contributed by atoms with E-state index >= 15 is 0 Å².